The normalized spacial score (nSPS) is 16.3. The number of ether oxygens (including phenoxy) is 2. The van der Waals surface area contributed by atoms with E-state index in [0.29, 0.717) is 22.7 Å². The number of aryl methyl sites for hydroxylation is 2. The van der Waals surface area contributed by atoms with Gasteiger partial charge in [-0.1, -0.05) is 0 Å². The van der Waals surface area contributed by atoms with Gasteiger partial charge in [-0.3, -0.25) is 4.79 Å². The molecule has 132 valence electrons. The molecule has 1 aliphatic rings. The maximum atomic E-state index is 12.8. The number of benzene rings is 2. The van der Waals surface area contributed by atoms with E-state index < -0.39 is 0 Å². The molecule has 0 aliphatic carbocycles. The molecule has 1 unspecified atom stereocenters. The molecule has 0 fully saturated rings. The van der Waals surface area contributed by atoms with Gasteiger partial charge in [-0.25, -0.2) is 0 Å². The molecule has 2 aromatic carbocycles. The Labute approximate surface area is 147 Å². The first-order valence-corrected chi connectivity index (χ1v) is 7.97. The van der Waals surface area contributed by atoms with Crippen molar-refractivity contribution in [1.29, 1.82) is 0 Å². The van der Waals surface area contributed by atoms with Crippen molar-refractivity contribution in [2.75, 3.05) is 26.6 Å². The van der Waals surface area contributed by atoms with E-state index in [1.54, 1.807) is 38.3 Å². The number of nitrogens with one attached hydrogen (secondary N) is 1. The van der Waals surface area contributed by atoms with E-state index >= 15 is 0 Å². The number of carbonyl (C=O) groups excluding carboxylic acids is 1. The Morgan fingerprint density at radius 2 is 1.60 bits per heavy atom. The molecule has 1 heterocycles. The number of hydrogen-bond donors (Lipinski definition) is 2. The summed E-state index contributed by atoms with van der Waals surface area (Å²) in [6, 6.07) is 7.22. The molecular weight excluding hydrogens is 320 g/mol. The minimum Gasteiger partial charge on any atom is -0.507 e. The van der Waals surface area contributed by atoms with E-state index in [2.05, 4.69) is 5.32 Å². The molecule has 0 saturated heterocycles. The lowest BCUT2D eigenvalue weighted by Gasteiger charge is -2.36. The van der Waals surface area contributed by atoms with Crippen molar-refractivity contribution in [3.63, 3.8) is 0 Å². The van der Waals surface area contributed by atoms with Crippen LogP contribution in [-0.2, 0) is 0 Å². The highest BCUT2D eigenvalue weighted by atomic mass is 16.5. The summed E-state index contributed by atoms with van der Waals surface area (Å²) in [6.07, 6.45) is -0.337. The average molecular weight is 342 g/mol. The fraction of sp³-hybridized carbons (Fsp3) is 0.316. The number of amides is 1. The fourth-order valence-electron chi connectivity index (χ4n) is 3.18. The van der Waals surface area contributed by atoms with Crippen LogP contribution in [0, 0.1) is 13.8 Å². The molecule has 0 bridgehead atoms. The number of rotatable bonds is 3. The van der Waals surface area contributed by atoms with Crippen LogP contribution in [0.25, 0.3) is 0 Å². The Kier molecular flexibility index (Phi) is 4.20. The molecular formula is C19H22N2O4. The van der Waals surface area contributed by atoms with Crippen LogP contribution in [0.1, 0.15) is 33.2 Å². The number of aromatic hydroxyl groups is 1. The number of phenols is 1. The summed E-state index contributed by atoms with van der Waals surface area (Å²) in [6.45, 7) is 3.69. The summed E-state index contributed by atoms with van der Waals surface area (Å²) in [5.41, 5.74) is 3.67. The lowest BCUT2D eigenvalue weighted by Crippen LogP contribution is -2.40. The van der Waals surface area contributed by atoms with Crippen molar-refractivity contribution >= 4 is 11.6 Å². The van der Waals surface area contributed by atoms with Gasteiger partial charge in [0.25, 0.3) is 5.91 Å². The summed E-state index contributed by atoms with van der Waals surface area (Å²) >= 11 is 0. The van der Waals surface area contributed by atoms with Crippen LogP contribution in [0.15, 0.2) is 24.3 Å². The molecule has 2 N–H and O–H groups in total. The molecule has 1 atom stereocenters. The maximum Gasteiger partial charge on any atom is 0.257 e. The van der Waals surface area contributed by atoms with Gasteiger partial charge in [-0.2, -0.15) is 0 Å². The fourth-order valence-corrected chi connectivity index (χ4v) is 3.18. The van der Waals surface area contributed by atoms with Gasteiger partial charge in [0, 0.05) is 13.1 Å². The van der Waals surface area contributed by atoms with Crippen molar-refractivity contribution in [3.05, 3.63) is 46.5 Å². The van der Waals surface area contributed by atoms with E-state index in [-0.39, 0.29) is 17.8 Å². The quantitative estimate of drug-likeness (QED) is 0.896. The van der Waals surface area contributed by atoms with E-state index in [1.807, 2.05) is 26.0 Å². The predicted molar refractivity (Wildman–Crippen MR) is 95.6 cm³/mol. The molecule has 1 amide bonds. The third-order valence-corrected chi connectivity index (χ3v) is 4.58. The minimum atomic E-state index is -0.337. The van der Waals surface area contributed by atoms with Crippen LogP contribution >= 0.6 is 0 Å². The number of methoxy groups -OCH3 is 2. The molecule has 0 saturated carbocycles. The first-order chi connectivity index (χ1) is 11.9. The Balaban J connectivity index is 2.08. The minimum absolute atomic E-state index is 0.108. The number of carbonyl (C=O) groups is 1. The number of hydrogen-bond acceptors (Lipinski definition) is 5. The molecule has 0 aromatic heterocycles. The van der Waals surface area contributed by atoms with Crippen LogP contribution in [0.2, 0.25) is 0 Å². The SMILES string of the molecule is COc1cc2c(cc1OC)C(=O)N(C)C(c1cc(C)c(O)c(C)c1)N2. The Hall–Kier alpha value is -2.89. The van der Waals surface area contributed by atoms with Crippen molar-refractivity contribution < 1.29 is 19.4 Å². The van der Waals surface area contributed by atoms with Crippen molar-refractivity contribution in [3.8, 4) is 17.2 Å². The Morgan fingerprint density at radius 1 is 1.04 bits per heavy atom. The van der Waals surface area contributed by atoms with Crippen molar-refractivity contribution in [2.45, 2.75) is 20.0 Å². The zero-order chi connectivity index (χ0) is 18.3. The number of fused-ring (bicyclic) bond motifs is 1. The van der Waals surface area contributed by atoms with Gasteiger partial charge in [0.15, 0.2) is 11.5 Å². The maximum absolute atomic E-state index is 12.8. The lowest BCUT2D eigenvalue weighted by molar-refractivity contribution is 0.0735. The number of phenolic OH excluding ortho intramolecular Hbond substituents is 1. The van der Waals surface area contributed by atoms with E-state index in [1.165, 1.54) is 0 Å². The molecule has 2 aromatic rings. The zero-order valence-electron chi connectivity index (χ0n) is 15.0. The van der Waals surface area contributed by atoms with Crippen LogP contribution in [-0.4, -0.2) is 37.2 Å². The van der Waals surface area contributed by atoms with E-state index in [4.69, 9.17) is 9.47 Å². The summed E-state index contributed by atoms with van der Waals surface area (Å²) in [4.78, 5) is 14.5. The summed E-state index contributed by atoms with van der Waals surface area (Å²) in [5, 5.41) is 13.4. The van der Waals surface area contributed by atoms with Crippen LogP contribution in [0.3, 0.4) is 0 Å². The Bertz CT molecular complexity index is 825. The summed E-state index contributed by atoms with van der Waals surface area (Å²) in [5.74, 6) is 1.24. The Morgan fingerprint density at radius 3 is 2.16 bits per heavy atom. The van der Waals surface area contributed by atoms with Crippen molar-refractivity contribution in [1.82, 2.24) is 4.90 Å². The highest BCUT2D eigenvalue weighted by Gasteiger charge is 2.32. The predicted octanol–water partition coefficient (Wildman–Crippen LogP) is 3.22. The highest BCUT2D eigenvalue weighted by molar-refractivity contribution is 6.02. The molecule has 0 radical (unpaired) electrons. The molecule has 6 nitrogen and oxygen atoms in total. The van der Waals surface area contributed by atoms with Crippen LogP contribution in [0.5, 0.6) is 17.2 Å². The smallest absolute Gasteiger partial charge is 0.257 e. The third kappa shape index (κ3) is 2.73. The van der Waals surface area contributed by atoms with E-state index in [0.717, 1.165) is 16.7 Å². The summed E-state index contributed by atoms with van der Waals surface area (Å²) < 4.78 is 10.6. The second kappa shape index (κ2) is 6.20. The van der Waals surface area contributed by atoms with Gasteiger partial charge in [0.05, 0.1) is 25.5 Å². The zero-order valence-corrected chi connectivity index (χ0v) is 15.0. The molecule has 0 spiro atoms. The average Bonchev–Trinajstić information content (AvgIpc) is 2.61. The lowest BCUT2D eigenvalue weighted by atomic mass is 9.99. The van der Waals surface area contributed by atoms with E-state index in [9.17, 15) is 9.90 Å². The molecule has 6 heteroatoms. The number of nitrogens with zero attached hydrogens (tertiary/aromatic N) is 1. The highest BCUT2D eigenvalue weighted by Crippen LogP contribution is 2.40. The molecule has 25 heavy (non-hydrogen) atoms. The largest absolute Gasteiger partial charge is 0.507 e. The second-order valence-corrected chi connectivity index (χ2v) is 6.22. The molecule has 3 rings (SSSR count). The van der Waals surface area contributed by atoms with Gasteiger partial charge >= 0.3 is 0 Å². The van der Waals surface area contributed by atoms with Gasteiger partial charge in [0.1, 0.15) is 11.9 Å². The van der Waals surface area contributed by atoms with Crippen LogP contribution in [0.4, 0.5) is 5.69 Å². The monoisotopic (exact) mass is 342 g/mol. The first-order valence-electron chi connectivity index (χ1n) is 7.97. The topological polar surface area (TPSA) is 71.0 Å². The van der Waals surface area contributed by atoms with Crippen molar-refractivity contribution in [2.24, 2.45) is 0 Å². The molecule has 1 aliphatic heterocycles. The standard InChI is InChI=1S/C19H22N2O4/c1-10-6-12(7-11(2)17(10)22)18-20-14-9-16(25-5)15(24-4)8-13(14)19(23)21(18)3/h6-9,18,20,22H,1-5H3. The summed E-state index contributed by atoms with van der Waals surface area (Å²) in [7, 11) is 4.85. The van der Waals surface area contributed by atoms with Gasteiger partial charge < -0.3 is 24.8 Å². The second-order valence-electron chi connectivity index (χ2n) is 6.22. The van der Waals surface area contributed by atoms with Gasteiger partial charge in [0.2, 0.25) is 0 Å². The first kappa shape index (κ1) is 17.0. The third-order valence-electron chi connectivity index (χ3n) is 4.58. The number of anilines is 1. The van der Waals surface area contributed by atoms with Gasteiger partial charge in [-0.15, -0.1) is 0 Å². The van der Waals surface area contributed by atoms with Crippen LogP contribution < -0.4 is 14.8 Å². The van der Waals surface area contributed by atoms with Gasteiger partial charge in [-0.05, 0) is 48.7 Å².